The van der Waals surface area contributed by atoms with E-state index < -0.39 is 11.7 Å². The Morgan fingerprint density at radius 1 is 1.33 bits per heavy atom. The molecule has 84 valence electrons. The number of alkyl halides is 3. The number of rotatable bonds is 0. The minimum atomic E-state index is -4.22. The standard InChI is InChI=1S/C10H9F3.C2H6/c1-2-3-8-4-6-9(7-5-8)10(11,12)13;1-2/h4,6-8H,5H2,1H3;1-2H3. The Morgan fingerprint density at radius 3 is 2.27 bits per heavy atom. The van der Waals surface area contributed by atoms with Crippen molar-refractivity contribution in [2.24, 2.45) is 5.92 Å². The maximum absolute atomic E-state index is 12.1. The van der Waals surface area contributed by atoms with E-state index >= 15 is 0 Å². The lowest BCUT2D eigenvalue weighted by atomic mass is 9.97. The van der Waals surface area contributed by atoms with E-state index in [4.69, 9.17) is 0 Å². The molecule has 0 N–H and O–H groups in total. The van der Waals surface area contributed by atoms with Gasteiger partial charge >= 0.3 is 6.18 Å². The average molecular weight is 216 g/mol. The lowest BCUT2D eigenvalue weighted by molar-refractivity contribution is -0.0886. The molecule has 0 radical (unpaired) electrons. The smallest absolute Gasteiger partial charge is 0.166 e. The minimum absolute atomic E-state index is 0.0592. The fourth-order valence-corrected chi connectivity index (χ4v) is 1.12. The van der Waals surface area contributed by atoms with Crippen LogP contribution in [-0.4, -0.2) is 6.18 Å². The van der Waals surface area contributed by atoms with E-state index in [2.05, 4.69) is 11.8 Å². The molecule has 3 heteroatoms. The van der Waals surface area contributed by atoms with Crippen LogP contribution >= 0.6 is 0 Å². The number of halogens is 3. The summed E-state index contributed by atoms with van der Waals surface area (Å²) in [7, 11) is 0. The molecule has 1 aliphatic rings. The predicted molar refractivity (Wildman–Crippen MR) is 56.2 cm³/mol. The number of hydrogen-bond donors (Lipinski definition) is 0. The highest BCUT2D eigenvalue weighted by Gasteiger charge is 2.32. The lowest BCUT2D eigenvalue weighted by Crippen LogP contribution is -2.12. The van der Waals surface area contributed by atoms with Crippen LogP contribution in [-0.2, 0) is 0 Å². The quantitative estimate of drug-likeness (QED) is 0.535. The highest BCUT2D eigenvalue weighted by atomic mass is 19.4. The van der Waals surface area contributed by atoms with Crippen molar-refractivity contribution in [3.63, 3.8) is 0 Å². The molecule has 0 nitrogen and oxygen atoms in total. The molecule has 0 saturated carbocycles. The molecule has 0 aromatic rings. The maximum atomic E-state index is 12.1. The van der Waals surface area contributed by atoms with E-state index in [1.165, 1.54) is 12.2 Å². The maximum Gasteiger partial charge on any atom is 0.416 e. The Labute approximate surface area is 88.9 Å². The Kier molecular flexibility index (Phi) is 5.84. The van der Waals surface area contributed by atoms with Gasteiger partial charge in [0.25, 0.3) is 0 Å². The van der Waals surface area contributed by atoms with Gasteiger partial charge in [-0.3, -0.25) is 0 Å². The summed E-state index contributed by atoms with van der Waals surface area (Å²) in [5, 5.41) is 0. The van der Waals surface area contributed by atoms with Crippen LogP contribution in [0.25, 0.3) is 0 Å². The van der Waals surface area contributed by atoms with Gasteiger partial charge in [0.15, 0.2) is 0 Å². The minimum Gasteiger partial charge on any atom is -0.166 e. The number of hydrogen-bond acceptors (Lipinski definition) is 0. The van der Waals surface area contributed by atoms with Crippen molar-refractivity contribution >= 4 is 0 Å². The first kappa shape index (κ1) is 13.8. The van der Waals surface area contributed by atoms with Crippen molar-refractivity contribution in [2.45, 2.75) is 33.4 Å². The average Bonchev–Trinajstić information content (AvgIpc) is 2.21. The number of allylic oxidation sites excluding steroid dienone is 4. The third-order valence-corrected chi connectivity index (χ3v) is 1.76. The molecular weight excluding hydrogens is 201 g/mol. The first-order chi connectivity index (χ1) is 7.04. The van der Waals surface area contributed by atoms with Crippen molar-refractivity contribution in [2.75, 3.05) is 0 Å². The molecule has 0 aliphatic heterocycles. The molecule has 0 heterocycles. The molecule has 1 unspecified atom stereocenters. The van der Waals surface area contributed by atoms with E-state index in [0.717, 1.165) is 6.08 Å². The highest BCUT2D eigenvalue weighted by molar-refractivity contribution is 5.30. The molecular formula is C12H15F3. The van der Waals surface area contributed by atoms with Crippen LogP contribution in [0.15, 0.2) is 23.8 Å². The second kappa shape index (κ2) is 6.34. The van der Waals surface area contributed by atoms with Crippen LogP contribution in [0, 0.1) is 17.8 Å². The van der Waals surface area contributed by atoms with Gasteiger partial charge in [0, 0.05) is 5.92 Å². The van der Waals surface area contributed by atoms with Gasteiger partial charge in [-0.05, 0) is 13.3 Å². The van der Waals surface area contributed by atoms with Gasteiger partial charge in [0.05, 0.1) is 5.57 Å². The molecule has 0 amide bonds. The van der Waals surface area contributed by atoms with Crippen LogP contribution in [0.4, 0.5) is 13.2 Å². The van der Waals surface area contributed by atoms with E-state index in [0.29, 0.717) is 6.42 Å². The van der Waals surface area contributed by atoms with Crippen LogP contribution in [0.5, 0.6) is 0 Å². The predicted octanol–water partition coefficient (Wildman–Crippen LogP) is 4.10. The fraction of sp³-hybridized carbons (Fsp3) is 0.500. The third-order valence-electron chi connectivity index (χ3n) is 1.76. The van der Waals surface area contributed by atoms with Gasteiger partial charge in [-0.2, -0.15) is 13.2 Å². The van der Waals surface area contributed by atoms with Gasteiger partial charge in [0.2, 0.25) is 0 Å². The van der Waals surface area contributed by atoms with Crippen LogP contribution in [0.1, 0.15) is 27.2 Å². The van der Waals surface area contributed by atoms with Gasteiger partial charge in [-0.1, -0.05) is 38.0 Å². The van der Waals surface area contributed by atoms with Gasteiger partial charge < -0.3 is 0 Å². The monoisotopic (exact) mass is 216 g/mol. The van der Waals surface area contributed by atoms with Gasteiger partial charge in [0.1, 0.15) is 0 Å². The topological polar surface area (TPSA) is 0 Å². The van der Waals surface area contributed by atoms with Crippen molar-refractivity contribution in [3.8, 4) is 11.8 Å². The van der Waals surface area contributed by atoms with Gasteiger partial charge in [-0.15, -0.1) is 5.92 Å². The molecule has 15 heavy (non-hydrogen) atoms. The van der Waals surface area contributed by atoms with Crippen molar-refractivity contribution in [3.05, 3.63) is 23.8 Å². The Hall–Kier alpha value is -1.17. The van der Waals surface area contributed by atoms with E-state index in [1.54, 1.807) is 6.92 Å². The molecule has 1 aliphatic carbocycles. The summed E-state index contributed by atoms with van der Waals surface area (Å²) in [4.78, 5) is 0. The second-order valence-electron chi connectivity index (χ2n) is 2.75. The normalized spacial score (nSPS) is 19.3. The van der Waals surface area contributed by atoms with Crippen molar-refractivity contribution in [1.29, 1.82) is 0 Å². The second-order valence-corrected chi connectivity index (χ2v) is 2.75. The third kappa shape index (κ3) is 4.73. The van der Waals surface area contributed by atoms with Crippen LogP contribution in [0.2, 0.25) is 0 Å². The van der Waals surface area contributed by atoms with E-state index in [1.807, 2.05) is 13.8 Å². The molecule has 0 aromatic heterocycles. The Morgan fingerprint density at radius 2 is 1.93 bits per heavy atom. The summed E-state index contributed by atoms with van der Waals surface area (Å²) in [6.07, 6.45) is -0.0832. The summed E-state index contributed by atoms with van der Waals surface area (Å²) < 4.78 is 36.3. The fourth-order valence-electron chi connectivity index (χ4n) is 1.12. The van der Waals surface area contributed by atoms with E-state index in [-0.39, 0.29) is 5.92 Å². The lowest BCUT2D eigenvalue weighted by Gasteiger charge is -2.13. The molecule has 0 fully saturated rings. The summed E-state index contributed by atoms with van der Waals surface area (Å²) in [5.41, 5.74) is -0.568. The van der Waals surface area contributed by atoms with Crippen LogP contribution < -0.4 is 0 Å². The molecule has 1 rings (SSSR count). The molecule has 0 aromatic carbocycles. The van der Waals surface area contributed by atoms with Crippen LogP contribution in [0.3, 0.4) is 0 Å². The van der Waals surface area contributed by atoms with Crippen molar-refractivity contribution < 1.29 is 13.2 Å². The zero-order valence-electron chi connectivity index (χ0n) is 9.15. The van der Waals surface area contributed by atoms with Crippen molar-refractivity contribution in [1.82, 2.24) is 0 Å². The molecule has 0 saturated heterocycles. The highest BCUT2D eigenvalue weighted by Crippen LogP contribution is 2.30. The van der Waals surface area contributed by atoms with E-state index in [9.17, 15) is 13.2 Å². The summed E-state index contributed by atoms with van der Waals surface area (Å²) in [6, 6.07) is 0. The summed E-state index contributed by atoms with van der Waals surface area (Å²) >= 11 is 0. The summed E-state index contributed by atoms with van der Waals surface area (Å²) in [6.45, 7) is 5.68. The molecule has 0 bridgehead atoms. The SMILES string of the molecule is CC.CC#CC1C=CC(C(F)(F)F)=CC1. The largest absolute Gasteiger partial charge is 0.416 e. The molecule has 1 atom stereocenters. The Bertz CT molecular complexity index is 297. The Balaban J connectivity index is 0.000000921. The first-order valence-electron chi connectivity index (χ1n) is 4.92. The zero-order valence-corrected chi connectivity index (χ0v) is 9.15. The first-order valence-corrected chi connectivity index (χ1v) is 4.92. The molecule has 0 spiro atoms. The van der Waals surface area contributed by atoms with Gasteiger partial charge in [-0.25, -0.2) is 0 Å². The summed E-state index contributed by atoms with van der Waals surface area (Å²) in [5.74, 6) is 5.43. The zero-order chi connectivity index (χ0) is 11.9.